The number of Topliss-reactive ketones (excluding diaryl/α,β-unsaturated/α-hetero) is 1. The zero-order chi connectivity index (χ0) is 29.5. The van der Waals surface area contributed by atoms with Gasteiger partial charge in [-0.2, -0.15) is 5.26 Å². The zero-order valence-electron chi connectivity index (χ0n) is 21.7. The summed E-state index contributed by atoms with van der Waals surface area (Å²) in [6.45, 7) is 3.90. The Morgan fingerprint density at radius 1 is 1.29 bits per heavy atom. The minimum Gasteiger partial charge on any atom is -0.384 e. The van der Waals surface area contributed by atoms with Gasteiger partial charge in [-0.3, -0.25) is 14.5 Å². The highest BCUT2D eigenvalue weighted by Crippen LogP contribution is 2.52. The van der Waals surface area contributed by atoms with E-state index in [1.54, 1.807) is 17.0 Å². The molecule has 1 unspecified atom stereocenters. The number of halogens is 3. The van der Waals surface area contributed by atoms with Crippen molar-refractivity contribution in [1.82, 2.24) is 15.2 Å². The van der Waals surface area contributed by atoms with Crippen molar-refractivity contribution in [3.8, 4) is 6.07 Å². The third-order valence-corrected chi connectivity index (χ3v) is 9.17. The molecule has 9 nitrogen and oxygen atoms in total. The van der Waals surface area contributed by atoms with Crippen LogP contribution >= 0.6 is 46.3 Å². The SMILES string of the molecule is CC1(C)CC(=O)C2=C(C1)N(c1nnc(SCC(=O)Nc3ccc(Cl)cn3)s1)C(N)=C(C#N)C2c1c(F)cccc1Cl. The molecule has 0 spiro atoms. The summed E-state index contributed by atoms with van der Waals surface area (Å²) in [6, 6.07) is 9.51. The van der Waals surface area contributed by atoms with Gasteiger partial charge in [-0.1, -0.05) is 66.2 Å². The molecule has 1 aliphatic heterocycles. The largest absolute Gasteiger partial charge is 0.384 e. The average Bonchev–Trinajstić information content (AvgIpc) is 3.36. The standard InChI is InChI=1S/C27H22Cl2FN7O2S2/c1-27(2)8-17-23(18(38)9-27)21(22-15(29)4-3-5-16(22)30)14(10-31)24(32)37(17)25-35-36-26(41-25)40-12-20(39)34-19-7-6-13(28)11-33-19/h3-7,11,21H,8-9,12,32H2,1-2H3,(H,33,34,39). The molecule has 0 saturated carbocycles. The number of nitrogens with one attached hydrogen (secondary N) is 1. The van der Waals surface area contributed by atoms with E-state index in [1.807, 2.05) is 13.8 Å². The molecule has 0 bridgehead atoms. The molecule has 3 heterocycles. The van der Waals surface area contributed by atoms with E-state index in [9.17, 15) is 14.9 Å². The van der Waals surface area contributed by atoms with Gasteiger partial charge >= 0.3 is 0 Å². The lowest BCUT2D eigenvalue weighted by Crippen LogP contribution is -2.42. The number of nitriles is 1. The van der Waals surface area contributed by atoms with Crippen LogP contribution < -0.4 is 16.0 Å². The molecule has 1 aliphatic carbocycles. The highest BCUT2D eigenvalue weighted by Gasteiger charge is 2.46. The Bertz CT molecular complexity index is 1640. The summed E-state index contributed by atoms with van der Waals surface area (Å²) in [5.41, 5.74) is 6.96. The maximum absolute atomic E-state index is 15.2. The van der Waals surface area contributed by atoms with Gasteiger partial charge in [0.2, 0.25) is 11.0 Å². The first kappa shape index (κ1) is 29.0. The lowest BCUT2D eigenvalue weighted by atomic mass is 9.68. The number of hydrogen-bond donors (Lipinski definition) is 2. The van der Waals surface area contributed by atoms with Crippen molar-refractivity contribution in [1.29, 1.82) is 5.26 Å². The smallest absolute Gasteiger partial charge is 0.235 e. The van der Waals surface area contributed by atoms with E-state index in [2.05, 4.69) is 26.6 Å². The molecule has 5 rings (SSSR count). The number of ketones is 1. The number of hydrogen-bond acceptors (Lipinski definition) is 10. The van der Waals surface area contributed by atoms with Crippen molar-refractivity contribution < 1.29 is 14.0 Å². The lowest BCUT2D eigenvalue weighted by molar-refractivity contribution is -0.118. The van der Waals surface area contributed by atoms with Crippen LogP contribution in [0.1, 0.15) is 38.2 Å². The minimum atomic E-state index is -1.06. The molecule has 210 valence electrons. The zero-order valence-corrected chi connectivity index (χ0v) is 24.9. The van der Waals surface area contributed by atoms with Crippen LogP contribution in [0.3, 0.4) is 0 Å². The molecule has 1 amide bonds. The number of anilines is 2. The quantitative estimate of drug-likeness (QED) is 0.312. The summed E-state index contributed by atoms with van der Waals surface area (Å²) in [7, 11) is 0. The second-order valence-electron chi connectivity index (χ2n) is 10.2. The Morgan fingerprint density at radius 2 is 2.07 bits per heavy atom. The first-order valence-corrected chi connectivity index (χ1v) is 14.8. The molecule has 1 aromatic carbocycles. The molecule has 0 radical (unpaired) electrons. The van der Waals surface area contributed by atoms with Crippen LogP contribution in [0.25, 0.3) is 0 Å². The van der Waals surface area contributed by atoms with E-state index >= 15 is 4.39 Å². The summed E-state index contributed by atoms with van der Waals surface area (Å²) in [5, 5.41) is 22.2. The molecule has 0 fully saturated rings. The number of aromatic nitrogens is 3. The first-order valence-electron chi connectivity index (χ1n) is 12.3. The fourth-order valence-electron chi connectivity index (χ4n) is 4.91. The first-order chi connectivity index (χ1) is 19.5. The van der Waals surface area contributed by atoms with Crippen LogP contribution in [0.2, 0.25) is 10.0 Å². The molecule has 3 N–H and O–H groups in total. The molecular weight excluding hydrogens is 608 g/mol. The van der Waals surface area contributed by atoms with Crippen molar-refractivity contribution in [3.63, 3.8) is 0 Å². The van der Waals surface area contributed by atoms with Gasteiger partial charge in [0.15, 0.2) is 10.1 Å². The number of pyridine rings is 1. The Morgan fingerprint density at radius 3 is 2.76 bits per heavy atom. The van der Waals surface area contributed by atoms with Crippen molar-refractivity contribution in [2.75, 3.05) is 16.0 Å². The third-order valence-electron chi connectivity index (χ3n) is 6.58. The lowest BCUT2D eigenvalue weighted by Gasteiger charge is -2.42. The Kier molecular flexibility index (Phi) is 8.07. The summed E-state index contributed by atoms with van der Waals surface area (Å²) in [5.74, 6) is -1.82. The van der Waals surface area contributed by atoms with Crippen LogP contribution in [0, 0.1) is 22.6 Å². The highest BCUT2D eigenvalue weighted by molar-refractivity contribution is 8.01. The summed E-state index contributed by atoms with van der Waals surface area (Å²) in [6.07, 6.45) is 2.04. The molecule has 0 saturated heterocycles. The Labute approximate surface area is 253 Å². The monoisotopic (exact) mass is 629 g/mol. The van der Waals surface area contributed by atoms with Crippen molar-refractivity contribution in [2.24, 2.45) is 11.1 Å². The number of allylic oxidation sites excluding steroid dienone is 3. The number of rotatable bonds is 6. The van der Waals surface area contributed by atoms with E-state index in [-0.39, 0.29) is 51.4 Å². The third kappa shape index (κ3) is 5.81. The van der Waals surface area contributed by atoms with Crippen LogP contribution in [-0.4, -0.2) is 32.6 Å². The predicted molar refractivity (Wildman–Crippen MR) is 157 cm³/mol. The maximum Gasteiger partial charge on any atom is 0.235 e. The topological polar surface area (TPSA) is 138 Å². The molecule has 14 heteroatoms. The van der Waals surface area contributed by atoms with Crippen molar-refractivity contribution in [2.45, 2.75) is 36.9 Å². The second kappa shape index (κ2) is 11.4. The molecule has 3 aromatic rings. The number of thioether (sulfide) groups is 1. The molecular formula is C27H22Cl2FN7O2S2. The number of nitrogens with zero attached hydrogens (tertiary/aromatic N) is 5. The van der Waals surface area contributed by atoms with Gasteiger partial charge in [0.05, 0.1) is 28.3 Å². The molecule has 2 aliphatic rings. The van der Waals surface area contributed by atoms with Gasteiger partial charge in [-0.25, -0.2) is 9.37 Å². The van der Waals surface area contributed by atoms with Crippen molar-refractivity contribution in [3.05, 3.63) is 80.6 Å². The van der Waals surface area contributed by atoms with E-state index in [0.29, 0.717) is 32.4 Å². The van der Waals surface area contributed by atoms with Gasteiger partial charge in [0.1, 0.15) is 17.5 Å². The van der Waals surface area contributed by atoms with Gasteiger partial charge in [0.25, 0.3) is 0 Å². The normalized spacial score (nSPS) is 18.3. The van der Waals surface area contributed by atoms with E-state index < -0.39 is 17.2 Å². The number of carbonyl (C=O) groups excluding carboxylic acids is 2. The molecule has 1 atom stereocenters. The predicted octanol–water partition coefficient (Wildman–Crippen LogP) is 6.05. The van der Waals surface area contributed by atoms with Crippen LogP contribution in [0.15, 0.2) is 63.5 Å². The van der Waals surface area contributed by atoms with Crippen LogP contribution in [-0.2, 0) is 9.59 Å². The molecule has 41 heavy (non-hydrogen) atoms. The Balaban J connectivity index is 1.49. The molecule has 2 aromatic heterocycles. The summed E-state index contributed by atoms with van der Waals surface area (Å²) in [4.78, 5) is 31.7. The van der Waals surface area contributed by atoms with Gasteiger partial charge in [-0.05, 0) is 36.1 Å². The van der Waals surface area contributed by atoms with E-state index in [1.165, 1.54) is 24.4 Å². The van der Waals surface area contributed by atoms with Crippen LogP contribution in [0.5, 0.6) is 0 Å². The van der Waals surface area contributed by atoms with Crippen molar-refractivity contribution >= 4 is 68.9 Å². The fraction of sp³-hybridized carbons (Fsp3) is 0.259. The Hall–Kier alpha value is -3.50. The summed E-state index contributed by atoms with van der Waals surface area (Å²) < 4.78 is 15.6. The maximum atomic E-state index is 15.2. The average molecular weight is 631 g/mol. The van der Waals surface area contributed by atoms with Gasteiger partial charge in [0, 0.05) is 34.5 Å². The van der Waals surface area contributed by atoms with E-state index in [4.69, 9.17) is 28.9 Å². The number of amides is 1. The minimum absolute atomic E-state index is 0.0111. The van der Waals surface area contributed by atoms with Gasteiger partial charge < -0.3 is 11.1 Å². The fourth-order valence-corrected chi connectivity index (χ4v) is 6.97. The van der Waals surface area contributed by atoms with Gasteiger partial charge in [-0.15, -0.1) is 10.2 Å². The number of carbonyl (C=O) groups is 2. The second-order valence-corrected chi connectivity index (χ2v) is 13.2. The summed E-state index contributed by atoms with van der Waals surface area (Å²) >= 11 is 14.6. The number of benzene rings is 1. The number of nitrogens with two attached hydrogens (primary N) is 1. The van der Waals surface area contributed by atoms with E-state index in [0.717, 1.165) is 23.1 Å². The van der Waals surface area contributed by atoms with Crippen LogP contribution in [0.4, 0.5) is 15.3 Å². The highest BCUT2D eigenvalue weighted by atomic mass is 35.5.